The van der Waals surface area contributed by atoms with E-state index in [0.717, 1.165) is 25.3 Å². The molecule has 3 aromatic rings. The molecule has 1 aliphatic heterocycles. The second kappa shape index (κ2) is 10.0. The SMILES string of the molecule is CC[C@H]1CN(c2nc(=O)n(C)c3ccc(C#N)nc23)[C@@H](C)CN1C(C)c1ccc(OC(C)C)cc1. The highest BCUT2D eigenvalue weighted by atomic mass is 16.5. The summed E-state index contributed by atoms with van der Waals surface area (Å²) in [6.07, 6.45) is 1.11. The number of nitrogens with zero attached hydrogens (tertiary/aromatic N) is 6. The number of ether oxygens (including phenoxy) is 1. The molecule has 0 aliphatic carbocycles. The summed E-state index contributed by atoms with van der Waals surface area (Å²) < 4.78 is 7.29. The van der Waals surface area contributed by atoms with Crippen LogP contribution in [0.1, 0.15) is 58.3 Å². The van der Waals surface area contributed by atoms with Crippen LogP contribution >= 0.6 is 0 Å². The van der Waals surface area contributed by atoms with Crippen molar-refractivity contribution in [1.29, 1.82) is 5.26 Å². The summed E-state index contributed by atoms with van der Waals surface area (Å²) >= 11 is 0. The molecule has 0 radical (unpaired) electrons. The predicted molar refractivity (Wildman–Crippen MR) is 138 cm³/mol. The van der Waals surface area contributed by atoms with Crippen molar-refractivity contribution < 1.29 is 4.74 Å². The van der Waals surface area contributed by atoms with Crippen molar-refractivity contribution in [3.05, 3.63) is 58.1 Å². The second-order valence-corrected chi connectivity index (χ2v) is 9.62. The van der Waals surface area contributed by atoms with Gasteiger partial charge in [0.2, 0.25) is 0 Å². The van der Waals surface area contributed by atoms with Crippen LogP contribution < -0.4 is 15.3 Å². The van der Waals surface area contributed by atoms with Crippen LogP contribution in [0.2, 0.25) is 0 Å². The van der Waals surface area contributed by atoms with Crippen LogP contribution in [-0.4, -0.2) is 50.7 Å². The van der Waals surface area contributed by atoms with Gasteiger partial charge in [-0.25, -0.2) is 9.78 Å². The lowest BCUT2D eigenvalue weighted by Crippen LogP contribution is -2.58. The molecule has 1 aromatic carbocycles. The quantitative estimate of drug-likeness (QED) is 0.533. The first-order valence-electron chi connectivity index (χ1n) is 12.3. The Kier molecular flexibility index (Phi) is 7.08. The van der Waals surface area contributed by atoms with Crippen LogP contribution in [0.5, 0.6) is 5.75 Å². The van der Waals surface area contributed by atoms with Crippen molar-refractivity contribution >= 4 is 16.9 Å². The first kappa shape index (κ1) is 24.7. The Morgan fingerprint density at radius 2 is 1.83 bits per heavy atom. The zero-order valence-corrected chi connectivity index (χ0v) is 21.4. The van der Waals surface area contributed by atoms with E-state index in [0.29, 0.717) is 22.5 Å². The highest BCUT2D eigenvalue weighted by Crippen LogP contribution is 2.33. The number of hydrogen-bond acceptors (Lipinski definition) is 7. The average Bonchev–Trinajstić information content (AvgIpc) is 2.85. The first-order valence-corrected chi connectivity index (χ1v) is 12.3. The third-order valence-electron chi connectivity index (χ3n) is 6.91. The van der Waals surface area contributed by atoms with Crippen molar-refractivity contribution in [2.75, 3.05) is 18.0 Å². The van der Waals surface area contributed by atoms with Gasteiger partial charge in [-0.2, -0.15) is 10.2 Å². The standard InChI is InChI=1S/C27H34N6O2/c1-7-22-16-32(26-25-24(31(6)27(34)30-26)13-10-21(14-28)29-25)18(4)15-33(22)19(5)20-8-11-23(12-9-20)35-17(2)3/h8-13,17-19,22H,7,15-16H2,1-6H3/t18-,19?,22-/m0/s1. The van der Waals surface area contributed by atoms with Crippen LogP contribution in [0.25, 0.3) is 11.0 Å². The summed E-state index contributed by atoms with van der Waals surface area (Å²) in [5, 5.41) is 9.39. The van der Waals surface area contributed by atoms with E-state index in [2.05, 4.69) is 58.7 Å². The Hall–Kier alpha value is -3.44. The van der Waals surface area contributed by atoms with Gasteiger partial charge in [-0.05, 0) is 63.9 Å². The number of aromatic nitrogens is 3. The first-order chi connectivity index (χ1) is 16.7. The van der Waals surface area contributed by atoms with Gasteiger partial charge in [-0.1, -0.05) is 19.1 Å². The number of rotatable bonds is 6. The molecule has 0 amide bonds. The molecule has 0 N–H and O–H groups in total. The maximum atomic E-state index is 12.7. The topological polar surface area (TPSA) is 87.3 Å². The van der Waals surface area contributed by atoms with Crippen molar-refractivity contribution in [2.24, 2.45) is 7.05 Å². The molecule has 3 atom stereocenters. The van der Waals surface area contributed by atoms with Crippen molar-refractivity contribution in [1.82, 2.24) is 19.4 Å². The van der Waals surface area contributed by atoms with Crippen molar-refractivity contribution in [3.8, 4) is 11.8 Å². The highest BCUT2D eigenvalue weighted by Gasteiger charge is 2.35. The number of hydrogen-bond donors (Lipinski definition) is 0. The van der Waals surface area contributed by atoms with Gasteiger partial charge in [0.25, 0.3) is 0 Å². The molecule has 1 saturated heterocycles. The molecule has 1 unspecified atom stereocenters. The summed E-state index contributed by atoms with van der Waals surface area (Å²) in [5.74, 6) is 1.45. The van der Waals surface area contributed by atoms with Gasteiger partial charge in [0, 0.05) is 38.3 Å². The molecule has 35 heavy (non-hydrogen) atoms. The fourth-order valence-electron chi connectivity index (χ4n) is 4.96. The molecule has 0 bridgehead atoms. The van der Waals surface area contributed by atoms with E-state index in [1.54, 1.807) is 19.2 Å². The third-order valence-corrected chi connectivity index (χ3v) is 6.91. The number of aryl methyl sites for hydroxylation is 1. The number of nitriles is 1. The summed E-state index contributed by atoms with van der Waals surface area (Å²) in [7, 11) is 1.69. The second-order valence-electron chi connectivity index (χ2n) is 9.62. The molecule has 3 heterocycles. The summed E-state index contributed by atoms with van der Waals surface area (Å²) in [5.41, 5.74) is 2.52. The molecule has 184 valence electrons. The molecule has 1 aliphatic rings. The predicted octanol–water partition coefficient (Wildman–Crippen LogP) is 4.04. The Labute approximate surface area is 206 Å². The fraction of sp³-hybridized carbons (Fsp3) is 0.481. The molecule has 0 spiro atoms. The minimum atomic E-state index is -0.321. The monoisotopic (exact) mass is 474 g/mol. The van der Waals surface area contributed by atoms with Crippen LogP contribution in [-0.2, 0) is 7.05 Å². The Bertz CT molecular complexity index is 1290. The van der Waals surface area contributed by atoms with Gasteiger partial charge in [0.15, 0.2) is 5.82 Å². The Morgan fingerprint density at radius 1 is 1.11 bits per heavy atom. The zero-order valence-electron chi connectivity index (χ0n) is 21.4. The van der Waals surface area contributed by atoms with Gasteiger partial charge in [-0.3, -0.25) is 9.47 Å². The molecule has 4 rings (SSSR count). The molecule has 8 heteroatoms. The highest BCUT2D eigenvalue weighted by molar-refractivity contribution is 5.86. The fourth-order valence-corrected chi connectivity index (χ4v) is 4.96. The van der Waals surface area contributed by atoms with E-state index in [4.69, 9.17) is 4.74 Å². The van der Waals surface area contributed by atoms with E-state index in [9.17, 15) is 10.1 Å². The molecule has 0 saturated carbocycles. The molecule has 8 nitrogen and oxygen atoms in total. The molecular weight excluding hydrogens is 440 g/mol. The Balaban J connectivity index is 1.64. The lowest BCUT2D eigenvalue weighted by atomic mass is 9.98. The lowest BCUT2D eigenvalue weighted by Gasteiger charge is -2.48. The summed E-state index contributed by atoms with van der Waals surface area (Å²) in [4.78, 5) is 26.3. The molecular formula is C27H34N6O2. The third kappa shape index (κ3) is 4.87. The zero-order chi connectivity index (χ0) is 25.3. The van der Waals surface area contributed by atoms with E-state index < -0.39 is 0 Å². The van der Waals surface area contributed by atoms with Crippen LogP contribution in [0.15, 0.2) is 41.2 Å². The van der Waals surface area contributed by atoms with Crippen molar-refractivity contribution in [2.45, 2.75) is 65.3 Å². The smallest absolute Gasteiger partial charge is 0.349 e. The van der Waals surface area contributed by atoms with E-state index in [1.165, 1.54) is 10.1 Å². The minimum Gasteiger partial charge on any atom is -0.491 e. The number of piperazine rings is 1. The van der Waals surface area contributed by atoms with E-state index >= 15 is 0 Å². The number of pyridine rings is 1. The number of fused-ring (bicyclic) bond motifs is 1. The summed E-state index contributed by atoms with van der Waals surface area (Å²) in [6.45, 7) is 12.2. The normalized spacial score (nSPS) is 19.7. The molecule has 2 aromatic heterocycles. The number of anilines is 1. The van der Waals surface area contributed by atoms with Gasteiger partial charge in [0.1, 0.15) is 23.0 Å². The maximum absolute atomic E-state index is 12.7. The van der Waals surface area contributed by atoms with E-state index in [-0.39, 0.29) is 29.9 Å². The average molecular weight is 475 g/mol. The minimum absolute atomic E-state index is 0.110. The lowest BCUT2D eigenvalue weighted by molar-refractivity contribution is 0.105. The largest absolute Gasteiger partial charge is 0.491 e. The van der Waals surface area contributed by atoms with Crippen LogP contribution in [0.3, 0.4) is 0 Å². The van der Waals surface area contributed by atoms with Crippen LogP contribution in [0, 0.1) is 11.3 Å². The molecule has 1 fully saturated rings. The van der Waals surface area contributed by atoms with Gasteiger partial charge in [-0.15, -0.1) is 0 Å². The maximum Gasteiger partial charge on any atom is 0.349 e. The summed E-state index contributed by atoms with van der Waals surface area (Å²) in [6, 6.07) is 14.5. The van der Waals surface area contributed by atoms with Gasteiger partial charge in [0.05, 0.1) is 11.6 Å². The van der Waals surface area contributed by atoms with E-state index in [1.807, 2.05) is 26.0 Å². The van der Waals surface area contributed by atoms with Gasteiger partial charge >= 0.3 is 5.69 Å². The number of benzene rings is 1. The van der Waals surface area contributed by atoms with Crippen molar-refractivity contribution in [3.63, 3.8) is 0 Å². The Morgan fingerprint density at radius 3 is 2.46 bits per heavy atom. The van der Waals surface area contributed by atoms with Crippen LogP contribution in [0.4, 0.5) is 5.82 Å². The van der Waals surface area contributed by atoms with Gasteiger partial charge < -0.3 is 9.64 Å².